The molecule has 0 saturated carbocycles. The number of hydrogen-bond acceptors (Lipinski definition) is 5. The first-order valence-electron chi connectivity index (χ1n) is 7.80. The molecule has 6 nitrogen and oxygen atoms in total. The first-order valence-corrected chi connectivity index (χ1v) is 7.80. The smallest absolute Gasteiger partial charge is 0.170 e. The van der Waals surface area contributed by atoms with Gasteiger partial charge in [-0.2, -0.15) is 5.26 Å². The minimum atomic E-state index is 0.101. The Morgan fingerprint density at radius 2 is 1.46 bits per heavy atom. The van der Waals surface area contributed by atoms with Gasteiger partial charge in [-0.25, -0.2) is 0 Å². The summed E-state index contributed by atoms with van der Waals surface area (Å²) in [6, 6.07) is 20.7. The van der Waals surface area contributed by atoms with E-state index in [-0.39, 0.29) is 5.84 Å². The van der Waals surface area contributed by atoms with Crippen LogP contribution in [0.2, 0.25) is 0 Å². The van der Waals surface area contributed by atoms with E-state index in [1.165, 1.54) is 0 Å². The summed E-state index contributed by atoms with van der Waals surface area (Å²) in [5, 5.41) is 22.1. The van der Waals surface area contributed by atoms with Gasteiger partial charge in [-0.3, -0.25) is 9.97 Å². The molecule has 6 heteroatoms. The van der Waals surface area contributed by atoms with Gasteiger partial charge >= 0.3 is 0 Å². The molecule has 3 N–H and O–H groups in total. The third-order valence-electron chi connectivity index (χ3n) is 3.80. The number of hydrogen-bond donors (Lipinski definition) is 2. The topological polar surface area (TPSA) is 108 Å². The Bertz CT molecular complexity index is 1120. The summed E-state index contributed by atoms with van der Waals surface area (Å²) in [6.45, 7) is 0. The first-order chi connectivity index (χ1) is 12.7. The summed E-state index contributed by atoms with van der Waals surface area (Å²) < 4.78 is 0. The number of para-hydroxylation sites is 2. The lowest BCUT2D eigenvalue weighted by molar-refractivity contribution is 0.318. The molecule has 0 amide bonds. The summed E-state index contributed by atoms with van der Waals surface area (Å²) in [5.41, 5.74) is 8.61. The molecule has 126 valence electrons. The zero-order chi connectivity index (χ0) is 18.4. The molecule has 0 aliphatic rings. The molecule has 2 aromatic carbocycles. The molecule has 0 saturated heterocycles. The van der Waals surface area contributed by atoms with Crippen molar-refractivity contribution in [1.29, 1.82) is 5.26 Å². The first kappa shape index (κ1) is 16.9. The molecule has 26 heavy (non-hydrogen) atoms. The van der Waals surface area contributed by atoms with E-state index in [0.717, 1.165) is 21.8 Å². The SMILES string of the molecule is N#Cc1ccnc2ccccc12.NC(=NO)c1ccnc2ccccc12. The fraction of sp³-hybridized carbons (Fsp3) is 0. The van der Waals surface area contributed by atoms with E-state index in [9.17, 15) is 0 Å². The number of fused-ring (bicyclic) bond motifs is 2. The van der Waals surface area contributed by atoms with Gasteiger partial charge in [0.25, 0.3) is 0 Å². The molecule has 4 rings (SSSR count). The van der Waals surface area contributed by atoms with Gasteiger partial charge in [-0.15, -0.1) is 0 Å². The van der Waals surface area contributed by atoms with Gasteiger partial charge in [-0.05, 0) is 24.3 Å². The second-order valence-electron chi connectivity index (χ2n) is 5.35. The van der Waals surface area contributed by atoms with Gasteiger partial charge in [0.1, 0.15) is 0 Å². The number of aromatic nitrogens is 2. The van der Waals surface area contributed by atoms with E-state index in [1.807, 2.05) is 48.5 Å². The molecule has 2 aromatic heterocycles. The number of nitrogens with zero attached hydrogens (tertiary/aromatic N) is 4. The molecule has 4 aromatic rings. The molecule has 0 bridgehead atoms. The van der Waals surface area contributed by atoms with Crippen molar-refractivity contribution < 1.29 is 5.21 Å². The molecule has 2 heterocycles. The maximum Gasteiger partial charge on any atom is 0.170 e. The standard InChI is InChI=1S/C10H9N3O.C10H6N2/c11-10(13-14)8-5-6-12-9-4-2-1-3-7(8)9;11-7-8-5-6-12-10-4-2-1-3-9(8)10/h1-6,14H,(H2,11,13);1-6H. The van der Waals surface area contributed by atoms with Gasteiger partial charge in [0, 0.05) is 28.7 Å². The number of benzene rings is 2. The van der Waals surface area contributed by atoms with Crippen LogP contribution in [0.4, 0.5) is 0 Å². The number of nitriles is 1. The molecule has 0 unspecified atom stereocenters. The third kappa shape index (κ3) is 3.42. The zero-order valence-electron chi connectivity index (χ0n) is 13.7. The number of pyridine rings is 2. The van der Waals surface area contributed by atoms with E-state index in [2.05, 4.69) is 21.2 Å². The summed E-state index contributed by atoms with van der Waals surface area (Å²) in [4.78, 5) is 8.31. The van der Waals surface area contributed by atoms with Crippen LogP contribution < -0.4 is 5.73 Å². The van der Waals surface area contributed by atoms with Crippen molar-refractivity contribution >= 4 is 27.6 Å². The van der Waals surface area contributed by atoms with Crippen molar-refractivity contribution in [3.05, 3.63) is 84.2 Å². The molecule has 0 spiro atoms. The van der Waals surface area contributed by atoms with Crippen molar-refractivity contribution in [3.8, 4) is 6.07 Å². The van der Waals surface area contributed by atoms with E-state index in [1.54, 1.807) is 24.5 Å². The van der Waals surface area contributed by atoms with Gasteiger partial charge in [0.2, 0.25) is 0 Å². The van der Waals surface area contributed by atoms with Crippen LogP contribution in [0.5, 0.6) is 0 Å². The average molecular weight is 341 g/mol. The van der Waals surface area contributed by atoms with Gasteiger partial charge in [0.05, 0.1) is 22.7 Å². The maximum atomic E-state index is 8.76. The van der Waals surface area contributed by atoms with E-state index in [0.29, 0.717) is 11.1 Å². The van der Waals surface area contributed by atoms with Crippen LogP contribution in [0.15, 0.2) is 78.2 Å². The second-order valence-corrected chi connectivity index (χ2v) is 5.35. The maximum absolute atomic E-state index is 8.76. The summed E-state index contributed by atoms with van der Waals surface area (Å²) in [6.07, 6.45) is 3.29. The molecule has 0 radical (unpaired) electrons. The Balaban J connectivity index is 0.000000152. The second kappa shape index (κ2) is 7.73. The predicted molar refractivity (Wildman–Crippen MR) is 101 cm³/mol. The molecular weight excluding hydrogens is 326 g/mol. The summed E-state index contributed by atoms with van der Waals surface area (Å²) in [7, 11) is 0. The summed E-state index contributed by atoms with van der Waals surface area (Å²) >= 11 is 0. The summed E-state index contributed by atoms with van der Waals surface area (Å²) in [5.74, 6) is 0.101. The Labute approximate surface area is 149 Å². The largest absolute Gasteiger partial charge is 0.409 e. The van der Waals surface area contributed by atoms with Gasteiger partial charge < -0.3 is 10.9 Å². The van der Waals surface area contributed by atoms with Gasteiger partial charge in [0.15, 0.2) is 5.84 Å². The molecular formula is C20H15N5O. The van der Waals surface area contributed by atoms with Crippen molar-refractivity contribution in [1.82, 2.24) is 9.97 Å². The van der Waals surface area contributed by atoms with Crippen LogP contribution in [-0.4, -0.2) is 21.0 Å². The molecule has 0 aliphatic heterocycles. The third-order valence-corrected chi connectivity index (χ3v) is 3.80. The lowest BCUT2D eigenvalue weighted by atomic mass is 10.1. The Morgan fingerprint density at radius 1 is 0.885 bits per heavy atom. The number of oxime groups is 1. The van der Waals surface area contributed by atoms with Crippen molar-refractivity contribution in [2.45, 2.75) is 0 Å². The lowest BCUT2D eigenvalue weighted by Gasteiger charge is -2.02. The van der Waals surface area contributed by atoms with E-state index >= 15 is 0 Å². The fourth-order valence-electron chi connectivity index (χ4n) is 2.57. The average Bonchev–Trinajstić information content (AvgIpc) is 2.72. The van der Waals surface area contributed by atoms with Crippen molar-refractivity contribution in [2.24, 2.45) is 10.9 Å². The van der Waals surface area contributed by atoms with Crippen LogP contribution in [-0.2, 0) is 0 Å². The highest BCUT2D eigenvalue weighted by molar-refractivity contribution is 6.07. The monoisotopic (exact) mass is 341 g/mol. The quantitative estimate of drug-likeness (QED) is 0.239. The van der Waals surface area contributed by atoms with Crippen LogP contribution in [0.3, 0.4) is 0 Å². The predicted octanol–water partition coefficient (Wildman–Crippen LogP) is 3.44. The highest BCUT2D eigenvalue weighted by Gasteiger charge is 2.04. The normalized spacial score (nSPS) is 10.8. The Morgan fingerprint density at radius 3 is 2.12 bits per heavy atom. The highest BCUT2D eigenvalue weighted by atomic mass is 16.4. The minimum absolute atomic E-state index is 0.101. The molecule has 0 fully saturated rings. The Kier molecular flexibility index (Phi) is 5.01. The zero-order valence-corrected chi connectivity index (χ0v) is 13.7. The molecule has 0 atom stereocenters. The van der Waals surface area contributed by atoms with Crippen LogP contribution in [0.25, 0.3) is 21.8 Å². The van der Waals surface area contributed by atoms with Crippen molar-refractivity contribution in [2.75, 3.05) is 0 Å². The number of nitrogens with two attached hydrogens (primary N) is 1. The van der Waals surface area contributed by atoms with E-state index < -0.39 is 0 Å². The fourth-order valence-corrected chi connectivity index (χ4v) is 2.57. The van der Waals surface area contributed by atoms with E-state index in [4.69, 9.17) is 16.2 Å². The van der Waals surface area contributed by atoms with Crippen LogP contribution in [0, 0.1) is 11.3 Å². The van der Waals surface area contributed by atoms with Crippen molar-refractivity contribution in [3.63, 3.8) is 0 Å². The number of amidine groups is 1. The molecule has 0 aliphatic carbocycles. The van der Waals surface area contributed by atoms with Gasteiger partial charge in [-0.1, -0.05) is 41.6 Å². The Hall–Kier alpha value is -3.98. The lowest BCUT2D eigenvalue weighted by Crippen LogP contribution is -2.13. The number of rotatable bonds is 1. The van der Waals surface area contributed by atoms with Crippen LogP contribution in [0.1, 0.15) is 11.1 Å². The minimum Gasteiger partial charge on any atom is -0.409 e. The highest BCUT2D eigenvalue weighted by Crippen LogP contribution is 2.15. The van der Waals surface area contributed by atoms with Crippen LogP contribution >= 0.6 is 0 Å².